The molecule has 3 N–H and O–H groups in total. The number of hydrogen-bond acceptors (Lipinski definition) is 3. The summed E-state index contributed by atoms with van der Waals surface area (Å²) in [6, 6.07) is 9.46. The summed E-state index contributed by atoms with van der Waals surface area (Å²) in [6.07, 6.45) is 2.34. The van der Waals surface area contributed by atoms with E-state index in [1.54, 1.807) is 19.4 Å². The van der Waals surface area contributed by atoms with Gasteiger partial charge in [-0.2, -0.15) is 0 Å². The lowest BCUT2D eigenvalue weighted by molar-refractivity contribution is -0.115. The number of nitrogens with one attached hydrogen (secondary N) is 3. The number of halogens is 2. The molecule has 1 aromatic carbocycles. The molecule has 0 atom stereocenters. The minimum atomic E-state index is -0.397. The van der Waals surface area contributed by atoms with Gasteiger partial charge in [-0.3, -0.25) is 9.79 Å². The summed E-state index contributed by atoms with van der Waals surface area (Å²) in [4.78, 5) is 15.8. The van der Waals surface area contributed by atoms with Crippen molar-refractivity contribution in [2.45, 2.75) is 6.42 Å². The molecule has 2 aromatic rings. The molecular weight excluding hydrogens is 426 g/mol. The van der Waals surface area contributed by atoms with E-state index in [0.717, 1.165) is 5.76 Å². The largest absolute Gasteiger partial charge is 0.469 e. The Morgan fingerprint density at radius 3 is 2.75 bits per heavy atom. The predicted molar refractivity (Wildman–Crippen MR) is 102 cm³/mol. The predicted octanol–water partition coefficient (Wildman–Crippen LogP) is 2.38. The topological polar surface area (TPSA) is 78.7 Å². The number of amides is 1. The Bertz CT molecular complexity index is 662. The molecule has 0 radical (unpaired) electrons. The lowest BCUT2D eigenvalue weighted by Crippen LogP contribution is -2.42. The number of aliphatic imine (C=N–C) groups is 1. The van der Waals surface area contributed by atoms with Gasteiger partial charge in [-0.05, 0) is 30.3 Å². The van der Waals surface area contributed by atoms with Crippen LogP contribution in [0.4, 0.5) is 10.1 Å². The summed E-state index contributed by atoms with van der Waals surface area (Å²) < 4.78 is 18.3. The monoisotopic (exact) mass is 446 g/mol. The fourth-order valence-electron chi connectivity index (χ4n) is 1.91. The number of furan rings is 1. The van der Waals surface area contributed by atoms with E-state index < -0.39 is 5.82 Å². The smallest absolute Gasteiger partial charge is 0.243 e. The number of carbonyl (C=O) groups is 1. The van der Waals surface area contributed by atoms with Crippen molar-refractivity contribution in [2.75, 3.05) is 25.5 Å². The number of anilines is 1. The molecule has 0 saturated heterocycles. The zero-order valence-corrected chi connectivity index (χ0v) is 15.5. The first-order chi connectivity index (χ1) is 11.2. The van der Waals surface area contributed by atoms with E-state index in [1.165, 1.54) is 18.2 Å². The number of hydrogen-bond donors (Lipinski definition) is 3. The van der Waals surface area contributed by atoms with Crippen molar-refractivity contribution < 1.29 is 13.6 Å². The normalized spacial score (nSPS) is 10.7. The van der Waals surface area contributed by atoms with Crippen LogP contribution in [-0.2, 0) is 11.2 Å². The van der Waals surface area contributed by atoms with Crippen LogP contribution < -0.4 is 16.0 Å². The van der Waals surface area contributed by atoms with Gasteiger partial charge in [0.15, 0.2) is 5.96 Å². The summed E-state index contributed by atoms with van der Waals surface area (Å²) in [5.74, 6) is 0.693. The van der Waals surface area contributed by atoms with Gasteiger partial charge in [0.1, 0.15) is 11.6 Å². The second-order valence-electron chi connectivity index (χ2n) is 4.74. The first kappa shape index (κ1) is 19.9. The third kappa shape index (κ3) is 6.99. The number of carbonyl (C=O) groups excluding carboxylic acids is 1. The van der Waals surface area contributed by atoms with Crippen LogP contribution in [0.5, 0.6) is 0 Å². The second kappa shape index (κ2) is 10.6. The first-order valence-electron chi connectivity index (χ1n) is 7.19. The van der Waals surface area contributed by atoms with Crippen molar-refractivity contribution in [3.05, 3.63) is 54.2 Å². The van der Waals surface area contributed by atoms with Gasteiger partial charge in [-0.15, -0.1) is 24.0 Å². The van der Waals surface area contributed by atoms with E-state index in [-0.39, 0.29) is 36.4 Å². The molecule has 0 saturated carbocycles. The molecule has 0 spiro atoms. The molecule has 1 aromatic heterocycles. The zero-order valence-electron chi connectivity index (χ0n) is 13.2. The molecule has 0 fully saturated rings. The molecule has 0 bridgehead atoms. The average Bonchev–Trinajstić information content (AvgIpc) is 3.04. The molecule has 24 heavy (non-hydrogen) atoms. The van der Waals surface area contributed by atoms with Crippen molar-refractivity contribution >= 4 is 41.5 Å². The highest BCUT2D eigenvalue weighted by molar-refractivity contribution is 14.0. The highest BCUT2D eigenvalue weighted by atomic mass is 127. The van der Waals surface area contributed by atoms with Crippen LogP contribution in [-0.4, -0.2) is 32.0 Å². The van der Waals surface area contributed by atoms with Crippen LogP contribution in [0.25, 0.3) is 0 Å². The van der Waals surface area contributed by atoms with Crippen molar-refractivity contribution in [3.8, 4) is 0 Å². The number of guanidine groups is 1. The van der Waals surface area contributed by atoms with E-state index in [2.05, 4.69) is 20.9 Å². The Balaban J connectivity index is 0.00000288. The quantitative estimate of drug-likeness (QED) is 0.362. The van der Waals surface area contributed by atoms with Crippen molar-refractivity contribution in [1.29, 1.82) is 0 Å². The van der Waals surface area contributed by atoms with Crippen LogP contribution in [0.1, 0.15) is 5.76 Å². The molecule has 6 nitrogen and oxygen atoms in total. The van der Waals surface area contributed by atoms with Crippen LogP contribution in [0.3, 0.4) is 0 Å². The van der Waals surface area contributed by atoms with Crippen LogP contribution in [0, 0.1) is 5.82 Å². The van der Waals surface area contributed by atoms with E-state index in [4.69, 9.17) is 4.42 Å². The first-order valence-corrected chi connectivity index (χ1v) is 7.19. The second-order valence-corrected chi connectivity index (χ2v) is 4.74. The summed E-state index contributed by atoms with van der Waals surface area (Å²) in [5.41, 5.74) is 0.414. The maximum absolute atomic E-state index is 13.0. The van der Waals surface area contributed by atoms with Crippen LogP contribution >= 0.6 is 24.0 Å². The van der Waals surface area contributed by atoms with E-state index in [1.807, 2.05) is 12.1 Å². The Morgan fingerprint density at radius 1 is 1.25 bits per heavy atom. The maximum Gasteiger partial charge on any atom is 0.243 e. The van der Waals surface area contributed by atoms with Crippen molar-refractivity contribution in [2.24, 2.45) is 4.99 Å². The van der Waals surface area contributed by atoms with Gasteiger partial charge in [0.25, 0.3) is 0 Å². The zero-order chi connectivity index (χ0) is 16.5. The third-order valence-electron chi connectivity index (χ3n) is 2.99. The van der Waals surface area contributed by atoms with Gasteiger partial charge in [-0.25, -0.2) is 4.39 Å². The molecular formula is C16H20FIN4O2. The van der Waals surface area contributed by atoms with E-state index in [0.29, 0.717) is 24.6 Å². The number of nitrogens with zero attached hydrogens (tertiary/aromatic N) is 1. The summed E-state index contributed by atoms with van der Waals surface area (Å²) >= 11 is 0. The Hall–Kier alpha value is -2.10. The van der Waals surface area contributed by atoms with Gasteiger partial charge < -0.3 is 20.4 Å². The SMILES string of the molecule is CN=C(NCCc1ccco1)NCC(=O)Nc1cccc(F)c1.I. The van der Waals surface area contributed by atoms with Crippen molar-refractivity contribution in [3.63, 3.8) is 0 Å². The molecule has 0 unspecified atom stereocenters. The van der Waals surface area contributed by atoms with Crippen molar-refractivity contribution in [1.82, 2.24) is 10.6 Å². The fourth-order valence-corrected chi connectivity index (χ4v) is 1.91. The van der Waals surface area contributed by atoms with Crippen LogP contribution in [0.15, 0.2) is 52.1 Å². The van der Waals surface area contributed by atoms with Gasteiger partial charge in [-0.1, -0.05) is 6.07 Å². The standard InChI is InChI=1S/C16H19FN4O2.HI/c1-18-16(19-8-7-14-6-3-9-23-14)20-11-15(22)21-13-5-2-4-12(17)10-13;/h2-6,9-10H,7-8,11H2,1H3,(H,21,22)(H2,18,19,20);1H. The fraction of sp³-hybridized carbons (Fsp3) is 0.250. The molecule has 1 heterocycles. The number of benzene rings is 1. The lowest BCUT2D eigenvalue weighted by atomic mass is 10.3. The van der Waals surface area contributed by atoms with Gasteiger partial charge in [0.05, 0.1) is 12.8 Å². The Labute approximate surface area is 156 Å². The van der Waals surface area contributed by atoms with Gasteiger partial charge in [0.2, 0.25) is 5.91 Å². The average molecular weight is 446 g/mol. The lowest BCUT2D eigenvalue weighted by Gasteiger charge is -2.11. The van der Waals surface area contributed by atoms with Gasteiger partial charge in [0, 0.05) is 25.7 Å². The summed E-state index contributed by atoms with van der Waals surface area (Å²) in [7, 11) is 1.62. The summed E-state index contributed by atoms with van der Waals surface area (Å²) in [5, 5.41) is 8.56. The minimum Gasteiger partial charge on any atom is -0.469 e. The maximum atomic E-state index is 13.0. The summed E-state index contributed by atoms with van der Waals surface area (Å²) in [6.45, 7) is 0.648. The third-order valence-corrected chi connectivity index (χ3v) is 2.99. The number of rotatable bonds is 6. The molecule has 0 aliphatic carbocycles. The molecule has 0 aliphatic heterocycles. The van der Waals surface area contributed by atoms with Gasteiger partial charge >= 0.3 is 0 Å². The molecule has 130 valence electrons. The Kier molecular flexibility index (Phi) is 8.84. The highest BCUT2D eigenvalue weighted by Crippen LogP contribution is 2.08. The molecule has 0 aliphatic rings. The van der Waals surface area contributed by atoms with E-state index >= 15 is 0 Å². The molecule has 8 heteroatoms. The van der Waals surface area contributed by atoms with E-state index in [9.17, 15) is 9.18 Å². The molecule has 2 rings (SSSR count). The minimum absolute atomic E-state index is 0. The molecule has 1 amide bonds. The highest BCUT2D eigenvalue weighted by Gasteiger charge is 2.05. The van der Waals surface area contributed by atoms with Crippen LogP contribution in [0.2, 0.25) is 0 Å². The Morgan fingerprint density at radius 2 is 2.08 bits per heavy atom.